The van der Waals surface area contributed by atoms with Gasteiger partial charge in [-0.05, 0) is 56.9 Å². The smallest absolute Gasteiger partial charge is 0.224 e. The maximum absolute atomic E-state index is 12.4. The zero-order chi connectivity index (χ0) is 22.0. The Bertz CT molecular complexity index is 1110. The lowest BCUT2D eigenvalue weighted by atomic mass is 9.91. The topological polar surface area (TPSA) is 91.7 Å². The first-order chi connectivity index (χ1) is 15.0. The highest BCUT2D eigenvalue weighted by atomic mass is 16.5. The van der Waals surface area contributed by atoms with Gasteiger partial charge < -0.3 is 15.4 Å². The van der Waals surface area contributed by atoms with E-state index in [-0.39, 0.29) is 11.9 Å². The minimum Gasteiger partial charge on any atom is -0.455 e. The van der Waals surface area contributed by atoms with Gasteiger partial charge in [0.15, 0.2) is 0 Å². The molecule has 1 fully saturated rings. The van der Waals surface area contributed by atoms with Gasteiger partial charge in [0.1, 0.15) is 17.6 Å². The molecule has 0 aromatic heterocycles. The molecule has 1 heterocycles. The average Bonchev–Trinajstić information content (AvgIpc) is 3.59. The number of carbonyl (C=O) groups is 1. The van der Waals surface area contributed by atoms with Gasteiger partial charge in [-0.15, -0.1) is 0 Å². The number of anilines is 1. The Morgan fingerprint density at radius 1 is 1.26 bits per heavy atom. The van der Waals surface area contributed by atoms with Crippen molar-refractivity contribution in [1.82, 2.24) is 0 Å². The highest BCUT2D eigenvalue weighted by Gasteiger charge is 2.30. The molecule has 2 N–H and O–H groups in total. The van der Waals surface area contributed by atoms with E-state index in [1.54, 1.807) is 31.3 Å². The number of rotatable bonds is 5. The van der Waals surface area contributed by atoms with Crippen molar-refractivity contribution in [2.75, 3.05) is 4.90 Å². The lowest BCUT2D eigenvalue weighted by Crippen LogP contribution is -2.40. The van der Waals surface area contributed by atoms with Crippen molar-refractivity contribution in [2.45, 2.75) is 51.6 Å². The number of hydrogen-bond acceptors (Lipinski definition) is 5. The van der Waals surface area contributed by atoms with Gasteiger partial charge in [-0.1, -0.05) is 12.1 Å². The second kappa shape index (κ2) is 8.65. The van der Waals surface area contributed by atoms with Crippen LogP contribution < -0.4 is 15.4 Å². The zero-order valence-corrected chi connectivity index (χ0v) is 17.8. The Morgan fingerprint density at radius 2 is 2.03 bits per heavy atom. The van der Waals surface area contributed by atoms with Crippen LogP contribution in [0.3, 0.4) is 0 Å². The lowest BCUT2D eigenvalue weighted by molar-refractivity contribution is -0.117. The molecule has 4 rings (SSSR count). The van der Waals surface area contributed by atoms with Gasteiger partial charge in [-0.25, -0.2) is 0 Å². The van der Waals surface area contributed by atoms with Gasteiger partial charge in [-0.2, -0.15) is 5.26 Å². The molecule has 0 bridgehead atoms. The fraction of sp³-hybridized carbons (Fsp3) is 0.320. The predicted molar refractivity (Wildman–Crippen MR) is 122 cm³/mol. The van der Waals surface area contributed by atoms with Crippen molar-refractivity contribution in [2.24, 2.45) is 10.7 Å². The van der Waals surface area contributed by atoms with E-state index in [4.69, 9.17) is 10.5 Å². The molecule has 0 spiro atoms. The number of nitriles is 1. The summed E-state index contributed by atoms with van der Waals surface area (Å²) in [7, 11) is 0. The van der Waals surface area contributed by atoms with Crippen LogP contribution in [0.5, 0.6) is 11.5 Å². The van der Waals surface area contributed by atoms with Crippen molar-refractivity contribution >= 4 is 23.4 Å². The van der Waals surface area contributed by atoms with Crippen LogP contribution in [0.2, 0.25) is 0 Å². The summed E-state index contributed by atoms with van der Waals surface area (Å²) in [5.74, 6) is 1.09. The molecule has 1 atom stereocenters. The molecule has 1 saturated carbocycles. The Balaban J connectivity index is 1.87. The van der Waals surface area contributed by atoms with Crippen LogP contribution in [0.25, 0.3) is 5.57 Å². The summed E-state index contributed by atoms with van der Waals surface area (Å²) in [6.45, 7) is 3.63. The Kier molecular flexibility index (Phi) is 5.77. The van der Waals surface area contributed by atoms with Gasteiger partial charge in [0.25, 0.3) is 0 Å². The van der Waals surface area contributed by atoms with Crippen molar-refractivity contribution in [3.05, 3.63) is 59.3 Å². The minimum atomic E-state index is -0.00513. The Labute approximate surface area is 182 Å². The molecule has 1 amide bonds. The molecule has 0 radical (unpaired) electrons. The van der Waals surface area contributed by atoms with E-state index in [1.807, 2.05) is 23.1 Å². The third-order valence-corrected chi connectivity index (χ3v) is 5.77. The first-order valence-corrected chi connectivity index (χ1v) is 10.6. The number of fused-ring (bicyclic) bond motifs is 1. The number of nitrogens with zero attached hydrogens (tertiary/aromatic N) is 3. The fourth-order valence-corrected chi connectivity index (χ4v) is 4.00. The Hall–Kier alpha value is -3.59. The molecule has 31 heavy (non-hydrogen) atoms. The van der Waals surface area contributed by atoms with Crippen LogP contribution in [-0.2, 0) is 11.2 Å². The van der Waals surface area contributed by atoms with Gasteiger partial charge >= 0.3 is 0 Å². The molecule has 0 saturated heterocycles. The van der Waals surface area contributed by atoms with E-state index >= 15 is 0 Å². The van der Waals surface area contributed by atoms with E-state index in [0.717, 1.165) is 48.1 Å². The van der Waals surface area contributed by atoms with E-state index < -0.39 is 0 Å². The quantitative estimate of drug-likeness (QED) is 0.726. The standard InChI is InChI=1S/C25H26N4O2/c1-16-7-10-22-23(29(16)17(2)30)12-11-21(19(14-27)15-28-20-8-9-20)25(22)31-24-6-4-3-5-18(24)13-26/h3-6,11-12,14-16,20H,7-10,27H2,1-2H3/t16-/m0/s1. The van der Waals surface area contributed by atoms with Crippen LogP contribution in [0.1, 0.15) is 49.8 Å². The fourth-order valence-electron chi connectivity index (χ4n) is 4.00. The third kappa shape index (κ3) is 4.17. The van der Waals surface area contributed by atoms with Crippen LogP contribution in [0.15, 0.2) is 47.6 Å². The average molecular weight is 415 g/mol. The van der Waals surface area contributed by atoms with Crippen molar-refractivity contribution in [1.29, 1.82) is 5.26 Å². The van der Waals surface area contributed by atoms with Gasteiger partial charge in [-0.3, -0.25) is 9.79 Å². The maximum Gasteiger partial charge on any atom is 0.224 e. The van der Waals surface area contributed by atoms with Crippen molar-refractivity contribution in [3.8, 4) is 17.6 Å². The summed E-state index contributed by atoms with van der Waals surface area (Å²) in [4.78, 5) is 18.8. The monoisotopic (exact) mass is 414 g/mol. The molecule has 0 unspecified atom stereocenters. The maximum atomic E-state index is 12.4. The second-order valence-electron chi connectivity index (χ2n) is 8.06. The van der Waals surface area contributed by atoms with Crippen molar-refractivity contribution in [3.63, 3.8) is 0 Å². The largest absolute Gasteiger partial charge is 0.455 e. The van der Waals surface area contributed by atoms with Gasteiger partial charge in [0.05, 0.1) is 17.3 Å². The number of benzene rings is 2. The molecule has 2 aromatic carbocycles. The SMILES string of the molecule is CC(=O)N1c2ccc(C(C=NC3CC3)=CN)c(Oc3ccccc3C#N)c2CC[C@@H]1C. The van der Waals surface area contributed by atoms with E-state index in [1.165, 1.54) is 6.20 Å². The molecule has 158 valence electrons. The molecule has 2 aliphatic rings. The summed E-state index contributed by atoms with van der Waals surface area (Å²) >= 11 is 0. The molecule has 6 nitrogen and oxygen atoms in total. The highest BCUT2D eigenvalue weighted by molar-refractivity contribution is 6.11. The molecule has 2 aromatic rings. The number of ether oxygens (including phenoxy) is 1. The zero-order valence-electron chi connectivity index (χ0n) is 17.8. The van der Waals surface area contributed by atoms with Gasteiger partial charge in [0, 0.05) is 42.1 Å². The number of amides is 1. The number of para-hydroxylation sites is 1. The highest BCUT2D eigenvalue weighted by Crippen LogP contribution is 2.43. The second-order valence-corrected chi connectivity index (χ2v) is 8.06. The summed E-state index contributed by atoms with van der Waals surface area (Å²) < 4.78 is 6.38. The Morgan fingerprint density at radius 3 is 2.71 bits per heavy atom. The summed E-state index contributed by atoms with van der Waals surface area (Å²) in [5, 5.41) is 9.53. The summed E-state index contributed by atoms with van der Waals surface area (Å²) in [6.07, 6.45) is 7.12. The molecule has 1 aliphatic carbocycles. The molecular formula is C25H26N4O2. The van der Waals surface area contributed by atoms with Crippen molar-refractivity contribution < 1.29 is 9.53 Å². The molecule has 6 heteroatoms. The van der Waals surface area contributed by atoms with E-state index in [9.17, 15) is 10.1 Å². The lowest BCUT2D eigenvalue weighted by Gasteiger charge is -2.36. The first-order valence-electron chi connectivity index (χ1n) is 10.6. The number of allylic oxidation sites excluding steroid dienone is 1. The number of nitrogens with two attached hydrogens (primary N) is 1. The minimum absolute atomic E-state index is 0.00513. The summed E-state index contributed by atoms with van der Waals surface area (Å²) in [6, 6.07) is 13.7. The molecular weight excluding hydrogens is 388 g/mol. The van der Waals surface area contributed by atoms with E-state index in [0.29, 0.717) is 23.1 Å². The summed E-state index contributed by atoms with van der Waals surface area (Å²) in [5.41, 5.74) is 9.77. The van der Waals surface area contributed by atoms with Gasteiger partial charge in [0.2, 0.25) is 5.91 Å². The number of hydrogen-bond donors (Lipinski definition) is 1. The van der Waals surface area contributed by atoms with Crippen LogP contribution in [-0.4, -0.2) is 24.2 Å². The molecule has 1 aliphatic heterocycles. The van der Waals surface area contributed by atoms with Crippen LogP contribution in [0.4, 0.5) is 5.69 Å². The van der Waals surface area contributed by atoms with E-state index in [2.05, 4.69) is 18.0 Å². The third-order valence-electron chi connectivity index (χ3n) is 5.77. The predicted octanol–water partition coefficient (Wildman–Crippen LogP) is 4.57. The number of carbonyl (C=O) groups excluding carboxylic acids is 1. The normalized spacial score (nSPS) is 18.5. The van der Waals surface area contributed by atoms with Crippen LogP contribution in [0, 0.1) is 11.3 Å². The van der Waals surface area contributed by atoms with Crippen LogP contribution >= 0.6 is 0 Å². The first kappa shape index (κ1) is 20.7. The number of aliphatic imine (C=N–C) groups is 1.